The summed E-state index contributed by atoms with van der Waals surface area (Å²) in [5, 5.41) is 0.619. The Bertz CT molecular complexity index is 394. The van der Waals surface area contributed by atoms with Gasteiger partial charge in [-0.25, -0.2) is 0 Å². The molecule has 1 aromatic carbocycles. The molecule has 0 bridgehead atoms. The highest BCUT2D eigenvalue weighted by Gasteiger charge is 2.17. The fourth-order valence-corrected chi connectivity index (χ4v) is 2.02. The number of rotatable bonds is 6. The molecule has 0 spiro atoms. The first kappa shape index (κ1) is 15.3. The molecule has 1 unspecified atom stereocenters. The minimum Gasteiger partial charge on any atom is -0.492 e. The van der Waals surface area contributed by atoms with E-state index in [0.29, 0.717) is 29.8 Å². The topological polar surface area (TPSA) is 61.3 Å². The van der Waals surface area contributed by atoms with Crippen molar-refractivity contribution in [2.45, 2.75) is 39.2 Å². The molecule has 0 aliphatic carbocycles. The van der Waals surface area contributed by atoms with E-state index in [1.807, 2.05) is 6.07 Å². The van der Waals surface area contributed by atoms with Crippen LogP contribution in [0, 0.1) is 0 Å². The van der Waals surface area contributed by atoms with Gasteiger partial charge in [0.15, 0.2) is 0 Å². The number of halogens is 1. The Morgan fingerprint density at radius 2 is 2.00 bits per heavy atom. The van der Waals surface area contributed by atoms with E-state index in [9.17, 15) is 0 Å². The van der Waals surface area contributed by atoms with Crippen LogP contribution in [0.25, 0.3) is 0 Å². The fraction of sp³-hybridized carbons (Fsp3) is 0.571. The second-order valence-corrected chi connectivity index (χ2v) is 5.17. The van der Waals surface area contributed by atoms with Crippen LogP contribution < -0.4 is 16.2 Å². The predicted molar refractivity (Wildman–Crippen MR) is 77.3 cm³/mol. The highest BCUT2D eigenvalue weighted by molar-refractivity contribution is 6.32. The molecule has 0 saturated heterocycles. The SMILES string of the molecule is CCCOc1c(Cl)cc(C(C)C)cc1C(N)CN. The van der Waals surface area contributed by atoms with Crippen LogP contribution in [0.3, 0.4) is 0 Å². The minimum absolute atomic E-state index is 0.243. The standard InChI is InChI=1S/C14H23ClN2O/c1-4-5-18-14-11(13(17)8-16)6-10(9(2)3)7-12(14)15/h6-7,9,13H,4-5,8,16-17H2,1-3H3. The number of hydrogen-bond donors (Lipinski definition) is 2. The summed E-state index contributed by atoms with van der Waals surface area (Å²) < 4.78 is 5.71. The maximum atomic E-state index is 6.29. The lowest BCUT2D eigenvalue weighted by atomic mass is 9.97. The van der Waals surface area contributed by atoms with E-state index in [1.54, 1.807) is 0 Å². The van der Waals surface area contributed by atoms with Gasteiger partial charge in [0.2, 0.25) is 0 Å². The lowest BCUT2D eigenvalue weighted by Crippen LogP contribution is -2.22. The van der Waals surface area contributed by atoms with Crippen molar-refractivity contribution >= 4 is 11.6 Å². The Morgan fingerprint density at radius 1 is 1.33 bits per heavy atom. The molecule has 0 aromatic heterocycles. The summed E-state index contributed by atoms with van der Waals surface area (Å²) in [7, 11) is 0. The van der Waals surface area contributed by atoms with E-state index in [4.69, 9.17) is 27.8 Å². The zero-order valence-corrected chi connectivity index (χ0v) is 12.1. The highest BCUT2D eigenvalue weighted by atomic mass is 35.5. The van der Waals surface area contributed by atoms with Crippen molar-refractivity contribution < 1.29 is 4.74 Å². The summed E-state index contributed by atoms with van der Waals surface area (Å²) in [5.41, 5.74) is 13.8. The average Bonchev–Trinajstić information content (AvgIpc) is 2.35. The minimum atomic E-state index is -0.243. The maximum absolute atomic E-state index is 6.29. The van der Waals surface area contributed by atoms with Crippen molar-refractivity contribution in [3.8, 4) is 5.75 Å². The molecule has 3 nitrogen and oxygen atoms in total. The fourth-order valence-electron chi connectivity index (χ4n) is 1.73. The summed E-state index contributed by atoms with van der Waals surface area (Å²) in [6, 6.07) is 3.76. The van der Waals surface area contributed by atoms with Crippen molar-refractivity contribution in [2.75, 3.05) is 13.2 Å². The summed E-state index contributed by atoms with van der Waals surface area (Å²) in [6.45, 7) is 7.30. The molecule has 1 atom stereocenters. The van der Waals surface area contributed by atoms with Crippen LogP contribution in [0.4, 0.5) is 0 Å². The van der Waals surface area contributed by atoms with Gasteiger partial charge < -0.3 is 16.2 Å². The van der Waals surface area contributed by atoms with Crippen LogP contribution in [-0.4, -0.2) is 13.2 Å². The van der Waals surface area contributed by atoms with E-state index < -0.39 is 0 Å². The van der Waals surface area contributed by atoms with Gasteiger partial charge in [-0.3, -0.25) is 0 Å². The van der Waals surface area contributed by atoms with Crippen LogP contribution in [0.1, 0.15) is 50.3 Å². The van der Waals surface area contributed by atoms with Crippen LogP contribution in [0.15, 0.2) is 12.1 Å². The molecule has 4 heteroatoms. The first-order valence-corrected chi connectivity index (χ1v) is 6.80. The monoisotopic (exact) mass is 270 g/mol. The van der Waals surface area contributed by atoms with E-state index in [0.717, 1.165) is 17.5 Å². The number of benzene rings is 1. The lowest BCUT2D eigenvalue weighted by Gasteiger charge is -2.19. The van der Waals surface area contributed by atoms with E-state index in [-0.39, 0.29) is 6.04 Å². The molecule has 1 aromatic rings. The highest BCUT2D eigenvalue weighted by Crippen LogP contribution is 2.35. The van der Waals surface area contributed by atoms with E-state index in [2.05, 4.69) is 26.8 Å². The molecule has 4 N–H and O–H groups in total. The maximum Gasteiger partial charge on any atom is 0.142 e. The van der Waals surface area contributed by atoms with Crippen LogP contribution in [0.5, 0.6) is 5.75 Å². The Balaban J connectivity index is 3.21. The van der Waals surface area contributed by atoms with Gasteiger partial charge in [-0.1, -0.05) is 38.4 Å². The third-order valence-electron chi connectivity index (χ3n) is 2.87. The number of nitrogens with two attached hydrogens (primary N) is 2. The Labute approximate surface area is 114 Å². The first-order chi connectivity index (χ1) is 8.51. The number of hydrogen-bond acceptors (Lipinski definition) is 3. The molecule has 0 radical (unpaired) electrons. The molecule has 0 aliphatic heterocycles. The summed E-state index contributed by atoms with van der Waals surface area (Å²) >= 11 is 6.29. The van der Waals surface area contributed by atoms with Crippen molar-refractivity contribution in [1.82, 2.24) is 0 Å². The molecule has 1 rings (SSSR count). The molecule has 0 heterocycles. The molecule has 18 heavy (non-hydrogen) atoms. The van der Waals surface area contributed by atoms with Gasteiger partial charge in [-0.2, -0.15) is 0 Å². The van der Waals surface area contributed by atoms with Gasteiger partial charge in [0.1, 0.15) is 5.75 Å². The van der Waals surface area contributed by atoms with Gasteiger partial charge in [-0.05, 0) is 24.0 Å². The van der Waals surface area contributed by atoms with Crippen molar-refractivity contribution in [1.29, 1.82) is 0 Å². The molecule has 102 valence electrons. The third-order valence-corrected chi connectivity index (χ3v) is 3.15. The summed E-state index contributed by atoms with van der Waals surface area (Å²) in [4.78, 5) is 0. The largest absolute Gasteiger partial charge is 0.492 e. The first-order valence-electron chi connectivity index (χ1n) is 6.43. The van der Waals surface area contributed by atoms with E-state index in [1.165, 1.54) is 0 Å². The predicted octanol–water partition coefficient (Wildman–Crippen LogP) is 3.21. The van der Waals surface area contributed by atoms with Gasteiger partial charge >= 0.3 is 0 Å². The average molecular weight is 271 g/mol. The van der Waals surface area contributed by atoms with Crippen molar-refractivity contribution in [2.24, 2.45) is 11.5 Å². The summed E-state index contributed by atoms with van der Waals surface area (Å²) in [6.07, 6.45) is 0.930. The molecule has 0 saturated carbocycles. The van der Waals surface area contributed by atoms with Gasteiger partial charge in [-0.15, -0.1) is 0 Å². The van der Waals surface area contributed by atoms with Crippen LogP contribution in [0.2, 0.25) is 5.02 Å². The van der Waals surface area contributed by atoms with Crippen molar-refractivity contribution in [3.63, 3.8) is 0 Å². The molecule has 0 fully saturated rings. The quantitative estimate of drug-likeness (QED) is 0.834. The van der Waals surface area contributed by atoms with Gasteiger partial charge in [0, 0.05) is 18.2 Å². The smallest absolute Gasteiger partial charge is 0.142 e. The Morgan fingerprint density at radius 3 is 2.50 bits per heavy atom. The molecule has 0 amide bonds. The zero-order chi connectivity index (χ0) is 13.7. The second-order valence-electron chi connectivity index (χ2n) is 4.77. The van der Waals surface area contributed by atoms with Gasteiger partial charge in [0.05, 0.1) is 11.6 Å². The van der Waals surface area contributed by atoms with E-state index >= 15 is 0 Å². The zero-order valence-electron chi connectivity index (χ0n) is 11.4. The van der Waals surface area contributed by atoms with Crippen molar-refractivity contribution in [3.05, 3.63) is 28.3 Å². The lowest BCUT2D eigenvalue weighted by molar-refractivity contribution is 0.312. The van der Waals surface area contributed by atoms with Crippen LogP contribution in [-0.2, 0) is 0 Å². The Hall–Kier alpha value is -0.770. The number of ether oxygens (including phenoxy) is 1. The summed E-state index contributed by atoms with van der Waals surface area (Å²) in [5.74, 6) is 1.08. The van der Waals surface area contributed by atoms with Gasteiger partial charge in [0.25, 0.3) is 0 Å². The Kier molecular flexibility index (Phi) is 5.93. The molecule has 0 aliphatic rings. The molecular formula is C14H23ClN2O. The molecular weight excluding hydrogens is 248 g/mol. The van der Waals surface area contributed by atoms with Crippen LogP contribution >= 0.6 is 11.6 Å². The second kappa shape index (κ2) is 6.98. The third kappa shape index (κ3) is 3.61. The normalized spacial score (nSPS) is 12.8.